The van der Waals surface area contributed by atoms with Gasteiger partial charge in [-0.2, -0.15) is 5.10 Å². The van der Waals surface area contributed by atoms with Gasteiger partial charge in [-0.3, -0.25) is 9.48 Å². The van der Waals surface area contributed by atoms with E-state index in [-0.39, 0.29) is 17.2 Å². The van der Waals surface area contributed by atoms with Gasteiger partial charge in [0, 0.05) is 12.2 Å². The fourth-order valence-corrected chi connectivity index (χ4v) is 2.51. The number of benzene rings is 1. The molecule has 2 aromatic rings. The molecule has 0 atom stereocenters. The maximum atomic E-state index is 12.2. The first-order valence-corrected chi connectivity index (χ1v) is 7.90. The van der Waals surface area contributed by atoms with Crippen molar-refractivity contribution >= 4 is 5.91 Å². The number of hydrogen-bond donors (Lipinski definition) is 2. The van der Waals surface area contributed by atoms with E-state index < -0.39 is 0 Å². The third kappa shape index (κ3) is 4.58. The molecule has 2 N–H and O–H groups in total. The van der Waals surface area contributed by atoms with E-state index in [4.69, 9.17) is 0 Å². The van der Waals surface area contributed by atoms with Gasteiger partial charge in [0.15, 0.2) is 0 Å². The van der Waals surface area contributed by atoms with E-state index in [1.54, 1.807) is 12.1 Å². The molecule has 0 bridgehead atoms. The van der Waals surface area contributed by atoms with E-state index in [0.29, 0.717) is 12.2 Å². The summed E-state index contributed by atoms with van der Waals surface area (Å²) in [5.74, 6) is 0.133. The van der Waals surface area contributed by atoms with Crippen LogP contribution in [0.3, 0.4) is 0 Å². The number of hydrogen-bond acceptors (Lipinski definition) is 3. The van der Waals surface area contributed by atoms with E-state index in [1.165, 1.54) is 0 Å². The molecule has 5 heteroatoms. The van der Waals surface area contributed by atoms with Gasteiger partial charge in [-0.05, 0) is 64.3 Å². The molecule has 124 valence electrons. The van der Waals surface area contributed by atoms with Crippen LogP contribution >= 0.6 is 0 Å². The van der Waals surface area contributed by atoms with Gasteiger partial charge >= 0.3 is 0 Å². The number of rotatable bonds is 5. The molecule has 1 aromatic heterocycles. The number of aromatic hydroxyl groups is 1. The normalized spacial score (nSPS) is 11.5. The molecule has 0 saturated heterocycles. The summed E-state index contributed by atoms with van der Waals surface area (Å²) in [7, 11) is 0. The number of carbonyl (C=O) groups is 1. The van der Waals surface area contributed by atoms with Crippen molar-refractivity contribution in [2.45, 2.75) is 46.1 Å². The van der Waals surface area contributed by atoms with Crippen molar-refractivity contribution in [1.29, 1.82) is 0 Å². The van der Waals surface area contributed by atoms with Crippen LogP contribution in [-0.4, -0.2) is 27.3 Å². The van der Waals surface area contributed by atoms with Gasteiger partial charge in [0.05, 0.1) is 5.54 Å². The summed E-state index contributed by atoms with van der Waals surface area (Å²) in [6.45, 7) is 8.74. The molecule has 1 aromatic carbocycles. The molecule has 0 radical (unpaired) electrons. The summed E-state index contributed by atoms with van der Waals surface area (Å²) in [5, 5.41) is 16.6. The number of amides is 1. The second-order valence-electron chi connectivity index (χ2n) is 6.78. The zero-order chi connectivity index (χ0) is 17.0. The molecule has 0 aliphatic rings. The van der Waals surface area contributed by atoms with Crippen LogP contribution < -0.4 is 5.32 Å². The first kappa shape index (κ1) is 17.1. The smallest absolute Gasteiger partial charge is 0.271 e. The van der Waals surface area contributed by atoms with E-state index in [2.05, 4.69) is 31.2 Å². The van der Waals surface area contributed by atoms with Gasteiger partial charge in [-0.15, -0.1) is 0 Å². The van der Waals surface area contributed by atoms with Crippen molar-refractivity contribution in [3.05, 3.63) is 47.3 Å². The number of aromatic nitrogens is 2. The SMILES string of the molecule is Cc1cc(C(=O)NCCCc2ccc(O)cc2)nn1C(C)(C)C. The van der Waals surface area contributed by atoms with E-state index >= 15 is 0 Å². The number of carbonyl (C=O) groups excluding carboxylic acids is 1. The van der Waals surface area contributed by atoms with Crippen LogP contribution in [0.5, 0.6) is 5.75 Å². The summed E-state index contributed by atoms with van der Waals surface area (Å²) in [6, 6.07) is 8.96. The zero-order valence-corrected chi connectivity index (χ0v) is 14.3. The molecular weight excluding hydrogens is 290 g/mol. The molecular formula is C18H25N3O2. The molecule has 0 spiro atoms. The molecule has 0 unspecified atom stereocenters. The average molecular weight is 315 g/mol. The van der Waals surface area contributed by atoms with Crippen LogP contribution in [-0.2, 0) is 12.0 Å². The number of nitrogens with one attached hydrogen (secondary N) is 1. The minimum atomic E-state index is -0.137. The van der Waals surface area contributed by atoms with Crippen molar-refractivity contribution in [3.8, 4) is 5.75 Å². The average Bonchev–Trinajstić information content (AvgIpc) is 2.87. The molecule has 23 heavy (non-hydrogen) atoms. The summed E-state index contributed by atoms with van der Waals surface area (Å²) >= 11 is 0. The number of phenolic OH excluding ortho intramolecular Hbond substituents is 1. The Morgan fingerprint density at radius 2 is 1.91 bits per heavy atom. The Morgan fingerprint density at radius 1 is 1.26 bits per heavy atom. The third-order valence-corrected chi connectivity index (χ3v) is 3.62. The minimum absolute atomic E-state index is 0.137. The molecule has 5 nitrogen and oxygen atoms in total. The highest BCUT2D eigenvalue weighted by Crippen LogP contribution is 2.16. The molecule has 0 aliphatic heterocycles. The van der Waals surface area contributed by atoms with Crippen molar-refractivity contribution in [2.75, 3.05) is 6.54 Å². The second kappa shape index (κ2) is 6.86. The van der Waals surface area contributed by atoms with Gasteiger partial charge in [0.1, 0.15) is 11.4 Å². The highest BCUT2D eigenvalue weighted by Gasteiger charge is 2.19. The van der Waals surface area contributed by atoms with E-state index in [1.807, 2.05) is 29.8 Å². The fourth-order valence-electron chi connectivity index (χ4n) is 2.51. The lowest BCUT2D eigenvalue weighted by molar-refractivity contribution is 0.0946. The first-order chi connectivity index (χ1) is 10.8. The largest absolute Gasteiger partial charge is 0.508 e. The van der Waals surface area contributed by atoms with Crippen molar-refractivity contribution in [1.82, 2.24) is 15.1 Å². The Morgan fingerprint density at radius 3 is 2.48 bits per heavy atom. The van der Waals surface area contributed by atoms with Crippen LogP contribution in [0.15, 0.2) is 30.3 Å². The summed E-state index contributed by atoms with van der Waals surface area (Å²) in [4.78, 5) is 12.2. The predicted octanol–water partition coefficient (Wildman–Crippen LogP) is 3.01. The zero-order valence-electron chi connectivity index (χ0n) is 14.3. The lowest BCUT2D eigenvalue weighted by Crippen LogP contribution is -2.27. The van der Waals surface area contributed by atoms with Crippen LogP contribution in [0.1, 0.15) is 48.9 Å². The number of nitrogens with zero attached hydrogens (tertiary/aromatic N) is 2. The van der Waals surface area contributed by atoms with Crippen molar-refractivity contribution < 1.29 is 9.90 Å². The van der Waals surface area contributed by atoms with Crippen molar-refractivity contribution in [2.24, 2.45) is 0 Å². The minimum Gasteiger partial charge on any atom is -0.508 e. The van der Waals surface area contributed by atoms with Crippen LogP contribution in [0.4, 0.5) is 0 Å². The maximum absolute atomic E-state index is 12.2. The highest BCUT2D eigenvalue weighted by atomic mass is 16.3. The van der Waals surface area contributed by atoms with Crippen LogP contribution in [0, 0.1) is 6.92 Å². The topological polar surface area (TPSA) is 67.2 Å². The quantitative estimate of drug-likeness (QED) is 0.834. The maximum Gasteiger partial charge on any atom is 0.271 e. The number of aryl methyl sites for hydroxylation is 2. The number of phenols is 1. The van der Waals surface area contributed by atoms with E-state index in [9.17, 15) is 9.90 Å². The Kier molecular flexibility index (Phi) is 5.08. The Hall–Kier alpha value is -2.30. The molecule has 0 saturated carbocycles. The first-order valence-electron chi connectivity index (χ1n) is 7.90. The van der Waals surface area contributed by atoms with Gasteiger partial charge in [-0.1, -0.05) is 12.1 Å². The lowest BCUT2D eigenvalue weighted by atomic mass is 10.1. The molecule has 1 heterocycles. The monoisotopic (exact) mass is 315 g/mol. The van der Waals surface area contributed by atoms with Crippen molar-refractivity contribution in [3.63, 3.8) is 0 Å². The van der Waals surface area contributed by atoms with Crippen LogP contribution in [0.25, 0.3) is 0 Å². The van der Waals surface area contributed by atoms with Crippen LogP contribution in [0.2, 0.25) is 0 Å². The Labute approximate surface area is 137 Å². The standard InChI is InChI=1S/C18H25N3O2/c1-13-12-16(20-21(13)18(2,3)4)17(23)19-11-5-6-14-7-9-15(22)10-8-14/h7-10,12,22H,5-6,11H2,1-4H3,(H,19,23). The van der Waals surface area contributed by atoms with Gasteiger partial charge in [0.2, 0.25) is 0 Å². The third-order valence-electron chi connectivity index (χ3n) is 3.62. The summed E-state index contributed by atoms with van der Waals surface area (Å²) in [6.07, 6.45) is 1.70. The summed E-state index contributed by atoms with van der Waals surface area (Å²) < 4.78 is 1.87. The van der Waals surface area contributed by atoms with E-state index in [0.717, 1.165) is 24.1 Å². The molecule has 1 amide bonds. The summed E-state index contributed by atoms with van der Waals surface area (Å²) in [5.41, 5.74) is 2.44. The van der Waals surface area contributed by atoms with Gasteiger partial charge < -0.3 is 10.4 Å². The second-order valence-corrected chi connectivity index (χ2v) is 6.78. The fraction of sp³-hybridized carbons (Fsp3) is 0.444. The predicted molar refractivity (Wildman–Crippen MR) is 90.7 cm³/mol. The highest BCUT2D eigenvalue weighted by molar-refractivity contribution is 5.92. The lowest BCUT2D eigenvalue weighted by Gasteiger charge is -2.21. The molecule has 2 rings (SSSR count). The van der Waals surface area contributed by atoms with Gasteiger partial charge in [0.25, 0.3) is 5.91 Å². The molecule has 0 fully saturated rings. The Balaban J connectivity index is 1.84. The molecule has 0 aliphatic carbocycles. The Bertz CT molecular complexity index is 667. The van der Waals surface area contributed by atoms with Gasteiger partial charge in [-0.25, -0.2) is 0 Å².